The number of hydrogen-bond donors (Lipinski definition) is 2. The van der Waals surface area contributed by atoms with Crippen LogP contribution in [0.1, 0.15) is 54.3 Å². The first-order valence-electron chi connectivity index (χ1n) is 7.17. The molecular formula is C18H21NO2. The lowest BCUT2D eigenvalue weighted by Gasteiger charge is -2.13. The summed E-state index contributed by atoms with van der Waals surface area (Å²) in [7, 11) is 0. The van der Waals surface area contributed by atoms with Crippen LogP contribution in [0, 0.1) is 0 Å². The van der Waals surface area contributed by atoms with Crippen LogP contribution in [0.2, 0.25) is 0 Å². The fourth-order valence-corrected chi connectivity index (χ4v) is 2.19. The fourth-order valence-electron chi connectivity index (χ4n) is 2.19. The van der Waals surface area contributed by atoms with E-state index < -0.39 is 6.10 Å². The Bertz CT molecular complexity index is 615. The normalized spacial score (nSPS) is 12.2. The fraction of sp³-hybridized carbons (Fsp3) is 0.278. The molecule has 0 radical (unpaired) electrons. The van der Waals surface area contributed by atoms with Gasteiger partial charge in [0.05, 0.1) is 6.10 Å². The monoisotopic (exact) mass is 283 g/mol. The molecule has 2 rings (SSSR count). The Labute approximate surface area is 125 Å². The van der Waals surface area contributed by atoms with E-state index in [1.165, 1.54) is 5.56 Å². The Hall–Kier alpha value is -2.13. The van der Waals surface area contributed by atoms with E-state index in [1.807, 2.05) is 42.5 Å². The lowest BCUT2D eigenvalue weighted by molar-refractivity contribution is 0.102. The van der Waals surface area contributed by atoms with Crippen LogP contribution in [0.4, 0.5) is 5.69 Å². The number of benzene rings is 2. The van der Waals surface area contributed by atoms with Gasteiger partial charge in [-0.3, -0.25) is 4.79 Å². The van der Waals surface area contributed by atoms with E-state index in [1.54, 1.807) is 13.0 Å². The van der Waals surface area contributed by atoms with E-state index in [0.717, 1.165) is 0 Å². The first-order valence-corrected chi connectivity index (χ1v) is 7.17. The van der Waals surface area contributed by atoms with Gasteiger partial charge in [-0.1, -0.05) is 44.2 Å². The van der Waals surface area contributed by atoms with Gasteiger partial charge < -0.3 is 10.4 Å². The second kappa shape index (κ2) is 6.55. The van der Waals surface area contributed by atoms with Gasteiger partial charge in [0.25, 0.3) is 5.91 Å². The van der Waals surface area contributed by atoms with Gasteiger partial charge >= 0.3 is 0 Å². The SMILES string of the molecule is CC(C)c1ccc(C(=O)Nc2ccccc2C(C)O)cc1. The molecule has 0 saturated carbocycles. The predicted octanol–water partition coefficient (Wildman–Crippen LogP) is 4.12. The van der Waals surface area contributed by atoms with Crippen LogP contribution in [0.25, 0.3) is 0 Å². The molecule has 3 heteroatoms. The zero-order valence-electron chi connectivity index (χ0n) is 12.6. The maximum atomic E-state index is 12.3. The van der Waals surface area contributed by atoms with Crippen LogP contribution >= 0.6 is 0 Å². The standard InChI is InChI=1S/C18H21NO2/c1-12(2)14-8-10-15(11-9-14)18(21)19-17-7-5-4-6-16(17)13(3)20/h4-13,20H,1-3H3,(H,19,21). The highest BCUT2D eigenvalue weighted by Crippen LogP contribution is 2.23. The van der Waals surface area contributed by atoms with Crippen molar-refractivity contribution in [2.45, 2.75) is 32.8 Å². The van der Waals surface area contributed by atoms with Crippen molar-refractivity contribution in [3.8, 4) is 0 Å². The molecule has 2 aromatic carbocycles. The number of rotatable bonds is 4. The molecule has 0 spiro atoms. The quantitative estimate of drug-likeness (QED) is 0.887. The molecule has 0 aromatic heterocycles. The van der Waals surface area contributed by atoms with Crippen molar-refractivity contribution in [1.82, 2.24) is 0 Å². The Morgan fingerprint density at radius 1 is 1.00 bits per heavy atom. The number of aliphatic hydroxyl groups excluding tert-OH is 1. The zero-order valence-corrected chi connectivity index (χ0v) is 12.6. The van der Waals surface area contributed by atoms with Crippen molar-refractivity contribution >= 4 is 11.6 Å². The molecule has 0 bridgehead atoms. The molecule has 0 aliphatic carbocycles. The third-order valence-electron chi connectivity index (χ3n) is 3.50. The Morgan fingerprint density at radius 3 is 2.19 bits per heavy atom. The number of carbonyl (C=O) groups excluding carboxylic acids is 1. The Balaban J connectivity index is 2.18. The molecule has 21 heavy (non-hydrogen) atoms. The number of anilines is 1. The summed E-state index contributed by atoms with van der Waals surface area (Å²) in [5, 5.41) is 12.6. The van der Waals surface area contributed by atoms with E-state index in [9.17, 15) is 9.90 Å². The third kappa shape index (κ3) is 3.70. The highest BCUT2D eigenvalue weighted by molar-refractivity contribution is 6.04. The smallest absolute Gasteiger partial charge is 0.255 e. The van der Waals surface area contributed by atoms with Crippen LogP contribution in [0.3, 0.4) is 0 Å². The van der Waals surface area contributed by atoms with Crippen molar-refractivity contribution in [3.05, 3.63) is 65.2 Å². The number of para-hydroxylation sites is 1. The predicted molar refractivity (Wildman–Crippen MR) is 85.6 cm³/mol. The van der Waals surface area contributed by atoms with Crippen LogP contribution < -0.4 is 5.32 Å². The molecule has 0 saturated heterocycles. The maximum absolute atomic E-state index is 12.3. The number of amides is 1. The molecule has 3 nitrogen and oxygen atoms in total. The molecule has 2 aromatic rings. The van der Waals surface area contributed by atoms with E-state index in [0.29, 0.717) is 22.7 Å². The summed E-state index contributed by atoms with van der Waals surface area (Å²) in [5.41, 5.74) is 3.17. The van der Waals surface area contributed by atoms with Gasteiger partial charge in [-0.15, -0.1) is 0 Å². The minimum Gasteiger partial charge on any atom is -0.389 e. The minimum absolute atomic E-state index is 0.168. The molecule has 0 aliphatic rings. The Morgan fingerprint density at radius 2 is 1.62 bits per heavy atom. The second-order valence-corrected chi connectivity index (χ2v) is 5.49. The molecule has 2 N–H and O–H groups in total. The average molecular weight is 283 g/mol. The molecule has 0 aliphatic heterocycles. The highest BCUT2D eigenvalue weighted by atomic mass is 16.3. The summed E-state index contributed by atoms with van der Waals surface area (Å²) in [6, 6.07) is 14.9. The van der Waals surface area contributed by atoms with Crippen molar-refractivity contribution < 1.29 is 9.90 Å². The number of hydrogen-bond acceptors (Lipinski definition) is 2. The van der Waals surface area contributed by atoms with Gasteiger partial charge in [-0.05, 0) is 36.6 Å². The first kappa shape index (κ1) is 15.3. The third-order valence-corrected chi connectivity index (χ3v) is 3.50. The van der Waals surface area contributed by atoms with Crippen LogP contribution in [0.15, 0.2) is 48.5 Å². The van der Waals surface area contributed by atoms with Crippen LogP contribution in [-0.2, 0) is 0 Å². The molecule has 1 unspecified atom stereocenters. The number of nitrogens with one attached hydrogen (secondary N) is 1. The lowest BCUT2D eigenvalue weighted by Crippen LogP contribution is -2.14. The van der Waals surface area contributed by atoms with Crippen molar-refractivity contribution in [2.75, 3.05) is 5.32 Å². The van der Waals surface area contributed by atoms with Crippen LogP contribution in [0.5, 0.6) is 0 Å². The van der Waals surface area contributed by atoms with Gasteiger partial charge in [-0.25, -0.2) is 0 Å². The molecule has 0 heterocycles. The maximum Gasteiger partial charge on any atom is 0.255 e. The lowest BCUT2D eigenvalue weighted by atomic mass is 10.0. The van der Waals surface area contributed by atoms with Crippen molar-refractivity contribution in [3.63, 3.8) is 0 Å². The summed E-state index contributed by atoms with van der Waals surface area (Å²) in [6.45, 7) is 5.92. The average Bonchev–Trinajstić information content (AvgIpc) is 2.47. The Kier molecular flexibility index (Phi) is 4.76. The highest BCUT2D eigenvalue weighted by Gasteiger charge is 2.11. The topological polar surface area (TPSA) is 49.3 Å². The van der Waals surface area contributed by atoms with E-state index in [2.05, 4.69) is 19.2 Å². The summed E-state index contributed by atoms with van der Waals surface area (Å²) in [5.74, 6) is 0.275. The van der Waals surface area contributed by atoms with Crippen molar-refractivity contribution in [1.29, 1.82) is 0 Å². The molecule has 1 amide bonds. The van der Waals surface area contributed by atoms with E-state index in [-0.39, 0.29) is 5.91 Å². The van der Waals surface area contributed by atoms with E-state index >= 15 is 0 Å². The largest absolute Gasteiger partial charge is 0.389 e. The summed E-state index contributed by atoms with van der Waals surface area (Å²) in [6.07, 6.45) is -0.621. The van der Waals surface area contributed by atoms with Gasteiger partial charge in [0.2, 0.25) is 0 Å². The van der Waals surface area contributed by atoms with Gasteiger partial charge in [-0.2, -0.15) is 0 Å². The molecule has 0 fully saturated rings. The summed E-state index contributed by atoms with van der Waals surface area (Å²) >= 11 is 0. The zero-order chi connectivity index (χ0) is 15.4. The van der Waals surface area contributed by atoms with Gasteiger partial charge in [0, 0.05) is 16.8 Å². The van der Waals surface area contributed by atoms with Gasteiger partial charge in [0.15, 0.2) is 0 Å². The van der Waals surface area contributed by atoms with Crippen molar-refractivity contribution in [2.24, 2.45) is 0 Å². The number of aliphatic hydroxyl groups is 1. The van der Waals surface area contributed by atoms with Gasteiger partial charge in [0.1, 0.15) is 0 Å². The number of carbonyl (C=O) groups is 1. The summed E-state index contributed by atoms with van der Waals surface area (Å²) < 4.78 is 0. The molecule has 1 atom stereocenters. The second-order valence-electron chi connectivity index (χ2n) is 5.49. The molecule has 110 valence electrons. The first-order chi connectivity index (χ1) is 9.99. The summed E-state index contributed by atoms with van der Waals surface area (Å²) in [4.78, 5) is 12.3. The van der Waals surface area contributed by atoms with Crippen LogP contribution in [-0.4, -0.2) is 11.0 Å². The van der Waals surface area contributed by atoms with E-state index in [4.69, 9.17) is 0 Å². The molecular weight excluding hydrogens is 262 g/mol. The minimum atomic E-state index is -0.621.